The highest BCUT2D eigenvalue weighted by atomic mass is 32.2. The molecule has 0 bridgehead atoms. The highest BCUT2D eigenvalue weighted by Gasteiger charge is 2.12. The van der Waals surface area contributed by atoms with Crippen molar-refractivity contribution in [1.29, 1.82) is 0 Å². The van der Waals surface area contributed by atoms with Crippen molar-refractivity contribution in [2.24, 2.45) is 0 Å². The van der Waals surface area contributed by atoms with Crippen LogP contribution < -0.4 is 0 Å². The van der Waals surface area contributed by atoms with Crippen molar-refractivity contribution < 1.29 is 4.74 Å². The van der Waals surface area contributed by atoms with Gasteiger partial charge >= 0.3 is 0 Å². The van der Waals surface area contributed by atoms with Gasteiger partial charge in [0, 0.05) is 6.61 Å². The largest absolute Gasteiger partial charge is 0.378 e. The van der Waals surface area contributed by atoms with Crippen molar-refractivity contribution in [3.05, 3.63) is 35.9 Å². The van der Waals surface area contributed by atoms with Crippen molar-refractivity contribution >= 4 is 11.8 Å². The summed E-state index contributed by atoms with van der Waals surface area (Å²) in [6, 6.07) is 10.9. The third-order valence-electron chi connectivity index (χ3n) is 5.72. The van der Waals surface area contributed by atoms with E-state index in [1.165, 1.54) is 113 Å². The van der Waals surface area contributed by atoms with E-state index in [9.17, 15) is 0 Å². The number of aryl methyl sites for hydroxylation is 1. The Kier molecular flexibility index (Phi) is 13.9. The highest BCUT2D eigenvalue weighted by Crippen LogP contribution is 2.19. The van der Waals surface area contributed by atoms with Crippen LogP contribution in [0.5, 0.6) is 0 Å². The smallest absolute Gasteiger partial charge is 0.0575 e. The Labute approximate surface area is 173 Å². The molecule has 27 heavy (non-hydrogen) atoms. The van der Waals surface area contributed by atoms with Gasteiger partial charge in [-0.2, -0.15) is 11.8 Å². The van der Waals surface area contributed by atoms with Gasteiger partial charge in [0.25, 0.3) is 0 Å². The molecular formula is C25H42OS. The van der Waals surface area contributed by atoms with Crippen LogP contribution in [0.3, 0.4) is 0 Å². The first-order valence-corrected chi connectivity index (χ1v) is 12.8. The van der Waals surface area contributed by atoms with Gasteiger partial charge in [0.05, 0.1) is 6.10 Å². The molecule has 1 aliphatic rings. The zero-order chi connectivity index (χ0) is 18.8. The van der Waals surface area contributed by atoms with Crippen molar-refractivity contribution in [1.82, 2.24) is 0 Å². The van der Waals surface area contributed by atoms with E-state index in [1.807, 2.05) is 0 Å². The number of benzene rings is 1. The Morgan fingerprint density at radius 1 is 0.741 bits per heavy atom. The second-order valence-electron chi connectivity index (χ2n) is 8.16. The van der Waals surface area contributed by atoms with Crippen molar-refractivity contribution in [2.45, 2.75) is 102 Å². The van der Waals surface area contributed by atoms with E-state index >= 15 is 0 Å². The number of rotatable bonds is 16. The Morgan fingerprint density at radius 3 is 2.07 bits per heavy atom. The van der Waals surface area contributed by atoms with Crippen LogP contribution in [0.4, 0.5) is 0 Å². The molecule has 1 heterocycles. The van der Waals surface area contributed by atoms with Crippen LogP contribution in [0, 0.1) is 0 Å². The van der Waals surface area contributed by atoms with E-state index < -0.39 is 0 Å². The molecule has 0 amide bonds. The fourth-order valence-electron chi connectivity index (χ4n) is 3.96. The number of hydrogen-bond acceptors (Lipinski definition) is 2. The van der Waals surface area contributed by atoms with Crippen LogP contribution in [0.1, 0.15) is 95.5 Å². The van der Waals surface area contributed by atoms with Gasteiger partial charge in [-0.25, -0.2) is 0 Å². The second kappa shape index (κ2) is 16.5. The summed E-state index contributed by atoms with van der Waals surface area (Å²) >= 11 is 2.13. The number of ether oxygens (including phenoxy) is 1. The molecule has 1 unspecified atom stereocenters. The monoisotopic (exact) mass is 390 g/mol. The normalized spacial score (nSPS) is 17.3. The van der Waals surface area contributed by atoms with E-state index in [-0.39, 0.29) is 0 Å². The van der Waals surface area contributed by atoms with E-state index in [4.69, 9.17) is 4.74 Å². The maximum absolute atomic E-state index is 5.81. The maximum Gasteiger partial charge on any atom is 0.0575 e. The number of thioether (sulfide) groups is 1. The van der Waals surface area contributed by atoms with Gasteiger partial charge in [0.2, 0.25) is 0 Å². The lowest BCUT2D eigenvalue weighted by molar-refractivity contribution is 0.00977. The average molecular weight is 391 g/mol. The number of unbranched alkanes of at least 4 members (excludes halogenated alkanes) is 9. The van der Waals surface area contributed by atoms with Gasteiger partial charge in [-0.05, 0) is 55.6 Å². The van der Waals surface area contributed by atoms with Gasteiger partial charge in [-0.15, -0.1) is 0 Å². The molecule has 0 spiro atoms. The molecule has 1 aromatic carbocycles. The molecule has 1 aliphatic heterocycles. The molecule has 0 radical (unpaired) electrons. The third-order valence-corrected chi connectivity index (χ3v) is 6.79. The van der Waals surface area contributed by atoms with Gasteiger partial charge in [0.1, 0.15) is 0 Å². The number of hydrogen-bond donors (Lipinski definition) is 0. The lowest BCUT2D eigenvalue weighted by atomic mass is 10.0. The molecule has 1 fully saturated rings. The summed E-state index contributed by atoms with van der Waals surface area (Å²) in [5.74, 6) is 2.62. The van der Waals surface area contributed by atoms with Crippen LogP contribution in [0.15, 0.2) is 30.3 Å². The predicted octanol–water partition coefficient (Wildman–Crippen LogP) is 7.82. The summed E-state index contributed by atoms with van der Waals surface area (Å²) in [6.07, 6.45) is 21.4. The highest BCUT2D eigenvalue weighted by molar-refractivity contribution is 7.99. The molecule has 1 aromatic rings. The van der Waals surface area contributed by atoms with Crippen molar-refractivity contribution in [2.75, 3.05) is 18.1 Å². The zero-order valence-electron chi connectivity index (χ0n) is 17.5. The summed E-state index contributed by atoms with van der Waals surface area (Å²) in [5, 5.41) is 0. The van der Waals surface area contributed by atoms with Crippen LogP contribution >= 0.6 is 11.8 Å². The first-order chi connectivity index (χ1) is 13.4. The zero-order valence-corrected chi connectivity index (χ0v) is 18.3. The summed E-state index contributed by atoms with van der Waals surface area (Å²) in [4.78, 5) is 0. The van der Waals surface area contributed by atoms with Crippen LogP contribution in [0.25, 0.3) is 0 Å². The van der Waals surface area contributed by atoms with Gasteiger partial charge in [-0.3, -0.25) is 0 Å². The lowest BCUT2D eigenvalue weighted by Crippen LogP contribution is -2.18. The quantitative estimate of drug-likeness (QED) is 0.266. The lowest BCUT2D eigenvalue weighted by Gasteiger charge is -2.22. The van der Waals surface area contributed by atoms with E-state index in [0.29, 0.717) is 6.10 Å². The van der Waals surface area contributed by atoms with Crippen molar-refractivity contribution in [3.63, 3.8) is 0 Å². The Balaban J connectivity index is 1.24. The molecule has 1 nitrogen and oxygen atoms in total. The molecule has 0 N–H and O–H groups in total. The van der Waals surface area contributed by atoms with Crippen LogP contribution in [0.2, 0.25) is 0 Å². The Hall–Kier alpha value is -0.470. The minimum atomic E-state index is 0.593. The summed E-state index contributed by atoms with van der Waals surface area (Å²) in [5.41, 5.74) is 1.48. The van der Waals surface area contributed by atoms with Crippen LogP contribution in [-0.4, -0.2) is 24.2 Å². The second-order valence-corrected chi connectivity index (χ2v) is 9.39. The molecule has 2 heteroatoms. The molecular weight excluding hydrogens is 348 g/mol. The summed E-state index contributed by atoms with van der Waals surface area (Å²) in [6.45, 7) is 1.01. The van der Waals surface area contributed by atoms with E-state index in [0.717, 1.165) is 6.61 Å². The molecule has 1 saturated heterocycles. The molecule has 0 aromatic heterocycles. The van der Waals surface area contributed by atoms with Crippen molar-refractivity contribution in [3.8, 4) is 0 Å². The van der Waals surface area contributed by atoms with E-state index in [2.05, 4.69) is 42.1 Å². The fourth-order valence-corrected chi connectivity index (χ4v) is 4.95. The summed E-state index contributed by atoms with van der Waals surface area (Å²) in [7, 11) is 0. The first-order valence-electron chi connectivity index (χ1n) is 11.7. The first kappa shape index (κ1) is 22.8. The Morgan fingerprint density at radius 2 is 1.41 bits per heavy atom. The molecule has 0 aliphatic carbocycles. The van der Waals surface area contributed by atoms with Gasteiger partial charge in [0.15, 0.2) is 0 Å². The topological polar surface area (TPSA) is 9.23 Å². The third kappa shape index (κ3) is 12.6. The summed E-state index contributed by atoms with van der Waals surface area (Å²) < 4.78 is 5.81. The minimum Gasteiger partial charge on any atom is -0.378 e. The Bertz CT molecular complexity index is 427. The fraction of sp³-hybridized carbons (Fsp3) is 0.760. The van der Waals surface area contributed by atoms with Gasteiger partial charge in [-0.1, -0.05) is 88.1 Å². The SMILES string of the molecule is c1ccc(CCSCCCCCCCCCCCCC2CCCCO2)cc1. The van der Waals surface area contributed by atoms with Crippen LogP contribution in [-0.2, 0) is 11.2 Å². The van der Waals surface area contributed by atoms with E-state index in [1.54, 1.807) is 0 Å². The standard InChI is InChI=1S/C25H42OS/c1(3-5-7-12-18-25-19-13-14-21-26-25)2-4-6-8-15-22-27-23-20-24-16-10-9-11-17-24/h9-11,16-17,25H,1-8,12-15,18-23H2. The average Bonchev–Trinajstić information content (AvgIpc) is 2.72. The minimum absolute atomic E-state index is 0.593. The van der Waals surface area contributed by atoms with Gasteiger partial charge < -0.3 is 4.74 Å². The predicted molar refractivity (Wildman–Crippen MR) is 122 cm³/mol. The molecule has 2 rings (SSSR count). The molecule has 154 valence electrons. The molecule has 1 atom stereocenters. The molecule has 0 saturated carbocycles. The maximum atomic E-state index is 5.81.